The van der Waals surface area contributed by atoms with Crippen LogP contribution in [0.25, 0.3) is 0 Å². The standard InChI is InChI=1S/C4H5F4NO/c1-2-9-3(5,6)4(7,8)10-9/h2H2,1H3. The van der Waals surface area contributed by atoms with Crippen molar-refractivity contribution in [1.82, 2.24) is 5.06 Å². The molecule has 0 radical (unpaired) electrons. The van der Waals surface area contributed by atoms with E-state index in [1.54, 1.807) is 0 Å². The second-order valence-corrected chi connectivity index (χ2v) is 1.84. The molecule has 1 aliphatic heterocycles. The lowest BCUT2D eigenvalue weighted by Crippen LogP contribution is -2.68. The first-order valence-corrected chi connectivity index (χ1v) is 2.64. The van der Waals surface area contributed by atoms with Crippen LogP contribution < -0.4 is 0 Å². The van der Waals surface area contributed by atoms with Gasteiger partial charge in [-0.1, -0.05) is 0 Å². The van der Waals surface area contributed by atoms with Gasteiger partial charge in [0, 0.05) is 6.54 Å². The predicted octanol–water partition coefficient (Wildman–Crippen LogP) is 1.44. The number of hydrogen-bond acceptors (Lipinski definition) is 2. The Balaban J connectivity index is 2.65. The lowest BCUT2D eigenvalue weighted by Gasteiger charge is -2.43. The summed E-state index contributed by atoms with van der Waals surface area (Å²) in [5.41, 5.74) is 0. The van der Waals surface area contributed by atoms with Crippen molar-refractivity contribution in [2.24, 2.45) is 0 Å². The normalized spacial score (nSPS) is 29.7. The fraction of sp³-hybridized carbons (Fsp3) is 1.00. The highest BCUT2D eigenvalue weighted by Gasteiger charge is 2.73. The van der Waals surface area contributed by atoms with E-state index in [-0.39, 0.29) is 11.6 Å². The summed E-state index contributed by atoms with van der Waals surface area (Å²) in [5.74, 6) is 0. The van der Waals surface area contributed by atoms with E-state index in [2.05, 4.69) is 4.84 Å². The molecule has 0 spiro atoms. The molecule has 0 aliphatic carbocycles. The van der Waals surface area contributed by atoms with Crippen LogP contribution in [0.4, 0.5) is 17.6 Å². The molecule has 0 bridgehead atoms. The molecule has 1 rings (SSSR count). The Morgan fingerprint density at radius 3 is 1.90 bits per heavy atom. The van der Waals surface area contributed by atoms with E-state index in [1.807, 2.05) is 0 Å². The van der Waals surface area contributed by atoms with Crippen LogP contribution in [0.3, 0.4) is 0 Å². The predicted molar refractivity (Wildman–Crippen MR) is 23.4 cm³/mol. The zero-order chi connectivity index (χ0) is 7.99. The van der Waals surface area contributed by atoms with Crippen molar-refractivity contribution in [3.8, 4) is 0 Å². The van der Waals surface area contributed by atoms with Crippen molar-refractivity contribution in [2.75, 3.05) is 6.54 Å². The molecule has 1 saturated heterocycles. The summed E-state index contributed by atoms with van der Waals surface area (Å²) in [7, 11) is 0. The average Bonchev–Trinajstić information content (AvgIpc) is 1.83. The van der Waals surface area contributed by atoms with Crippen LogP contribution in [0.15, 0.2) is 0 Å². The third-order valence-electron chi connectivity index (χ3n) is 1.18. The smallest absolute Gasteiger partial charge is 0.218 e. The Hall–Kier alpha value is -0.360. The minimum Gasteiger partial charge on any atom is -0.218 e. The Bertz CT molecular complexity index is 148. The number of likely N-dealkylation sites (N-methyl/N-ethyl adjacent to an activating group) is 1. The first-order valence-electron chi connectivity index (χ1n) is 2.64. The molecular formula is C4H5F4NO. The largest absolute Gasteiger partial charge is 0.453 e. The van der Waals surface area contributed by atoms with Gasteiger partial charge in [-0.15, -0.1) is 5.06 Å². The highest BCUT2D eigenvalue weighted by atomic mass is 19.3. The molecule has 0 aromatic rings. The van der Waals surface area contributed by atoms with E-state index in [9.17, 15) is 17.6 Å². The molecule has 0 unspecified atom stereocenters. The van der Waals surface area contributed by atoms with Crippen molar-refractivity contribution in [3.05, 3.63) is 0 Å². The lowest BCUT2D eigenvalue weighted by molar-refractivity contribution is -0.591. The van der Waals surface area contributed by atoms with E-state index in [0.29, 0.717) is 0 Å². The van der Waals surface area contributed by atoms with Crippen LogP contribution >= 0.6 is 0 Å². The van der Waals surface area contributed by atoms with Gasteiger partial charge in [-0.25, -0.2) is 4.84 Å². The summed E-state index contributed by atoms with van der Waals surface area (Å²) in [6, 6.07) is -4.14. The second kappa shape index (κ2) is 1.82. The number of alkyl halides is 4. The first-order chi connectivity index (χ1) is 4.42. The number of hydrogen-bond donors (Lipinski definition) is 0. The number of halogens is 4. The third kappa shape index (κ3) is 0.719. The van der Waals surface area contributed by atoms with Crippen molar-refractivity contribution in [3.63, 3.8) is 0 Å². The second-order valence-electron chi connectivity index (χ2n) is 1.84. The zero-order valence-electron chi connectivity index (χ0n) is 5.07. The molecule has 60 valence electrons. The topological polar surface area (TPSA) is 12.5 Å². The fourth-order valence-electron chi connectivity index (χ4n) is 0.620. The quantitative estimate of drug-likeness (QED) is 0.424. The third-order valence-corrected chi connectivity index (χ3v) is 1.18. The monoisotopic (exact) mass is 159 g/mol. The Kier molecular flexibility index (Phi) is 1.41. The first kappa shape index (κ1) is 7.74. The summed E-state index contributed by atoms with van der Waals surface area (Å²) < 4.78 is 47.5. The summed E-state index contributed by atoms with van der Waals surface area (Å²) >= 11 is 0. The van der Waals surface area contributed by atoms with Gasteiger partial charge in [0.15, 0.2) is 0 Å². The Labute approximate surface area is 54.3 Å². The minimum absolute atomic E-state index is 0.0625. The van der Waals surface area contributed by atoms with Crippen molar-refractivity contribution < 1.29 is 22.4 Å². The average molecular weight is 159 g/mol. The summed E-state index contributed by atoms with van der Waals surface area (Å²) in [6.45, 7) is 1.03. The van der Waals surface area contributed by atoms with Crippen molar-refractivity contribution in [2.45, 2.75) is 19.1 Å². The molecule has 0 N–H and O–H groups in total. The van der Waals surface area contributed by atoms with E-state index >= 15 is 0 Å². The summed E-state index contributed by atoms with van der Waals surface area (Å²) in [4.78, 5) is 3.44. The van der Waals surface area contributed by atoms with Gasteiger partial charge >= 0.3 is 12.2 Å². The van der Waals surface area contributed by atoms with E-state index in [4.69, 9.17) is 0 Å². The van der Waals surface area contributed by atoms with Gasteiger partial charge < -0.3 is 0 Å². The van der Waals surface area contributed by atoms with Gasteiger partial charge in [-0.2, -0.15) is 17.6 Å². The molecule has 0 atom stereocenters. The number of hydroxylamine groups is 2. The SMILES string of the molecule is CCN1OC(F)(F)C1(F)F. The van der Waals surface area contributed by atoms with Gasteiger partial charge in [-0.3, -0.25) is 0 Å². The van der Waals surface area contributed by atoms with Gasteiger partial charge in [0.25, 0.3) is 0 Å². The summed E-state index contributed by atoms with van der Waals surface area (Å²) in [5, 5.41) is -0.0625. The highest BCUT2D eigenvalue weighted by Crippen LogP contribution is 2.47. The molecular weight excluding hydrogens is 154 g/mol. The van der Waals surface area contributed by atoms with E-state index in [0.717, 1.165) is 0 Å². The fourth-order valence-corrected chi connectivity index (χ4v) is 0.620. The van der Waals surface area contributed by atoms with Crippen LogP contribution in [0.2, 0.25) is 0 Å². The molecule has 6 heteroatoms. The van der Waals surface area contributed by atoms with Crippen molar-refractivity contribution in [1.29, 1.82) is 0 Å². The van der Waals surface area contributed by atoms with Crippen LogP contribution in [-0.2, 0) is 4.84 Å². The minimum atomic E-state index is -4.32. The van der Waals surface area contributed by atoms with Gasteiger partial charge in [-0.05, 0) is 6.92 Å². The molecule has 0 saturated carbocycles. The van der Waals surface area contributed by atoms with Crippen LogP contribution in [0.1, 0.15) is 6.92 Å². The Morgan fingerprint density at radius 1 is 1.30 bits per heavy atom. The van der Waals surface area contributed by atoms with Crippen molar-refractivity contribution >= 4 is 0 Å². The van der Waals surface area contributed by atoms with Gasteiger partial charge in [0.2, 0.25) is 0 Å². The summed E-state index contributed by atoms with van der Waals surface area (Å²) in [6.07, 6.45) is -4.32. The molecule has 0 aromatic carbocycles. The zero-order valence-corrected chi connectivity index (χ0v) is 5.07. The van der Waals surface area contributed by atoms with Gasteiger partial charge in [0.1, 0.15) is 0 Å². The maximum Gasteiger partial charge on any atom is 0.453 e. The number of rotatable bonds is 1. The van der Waals surface area contributed by atoms with E-state index in [1.165, 1.54) is 6.92 Å². The highest BCUT2D eigenvalue weighted by molar-refractivity contribution is 4.80. The molecule has 1 aliphatic rings. The lowest BCUT2D eigenvalue weighted by atomic mass is 10.4. The van der Waals surface area contributed by atoms with Gasteiger partial charge in [0.05, 0.1) is 0 Å². The Morgan fingerprint density at radius 2 is 1.80 bits per heavy atom. The number of nitrogens with zero attached hydrogens (tertiary/aromatic N) is 1. The molecule has 0 amide bonds. The maximum atomic E-state index is 12.0. The van der Waals surface area contributed by atoms with Crippen LogP contribution in [0.5, 0.6) is 0 Å². The molecule has 2 nitrogen and oxygen atoms in total. The van der Waals surface area contributed by atoms with Crippen LogP contribution in [-0.4, -0.2) is 23.8 Å². The maximum absolute atomic E-state index is 12.0. The van der Waals surface area contributed by atoms with Crippen LogP contribution in [0, 0.1) is 0 Å². The molecule has 1 heterocycles. The molecule has 1 fully saturated rings. The molecule has 0 aromatic heterocycles. The van der Waals surface area contributed by atoms with E-state index < -0.39 is 12.2 Å². The molecule has 10 heavy (non-hydrogen) atoms.